The fraction of sp³-hybridized carbons (Fsp3) is 0.111. The Kier molecular flexibility index (Phi) is 3.37. The van der Waals surface area contributed by atoms with Crippen LogP contribution in [0.25, 0.3) is 10.2 Å². The van der Waals surface area contributed by atoms with E-state index in [1.165, 1.54) is 11.8 Å². The number of thiophene rings is 1. The van der Waals surface area contributed by atoms with E-state index in [-0.39, 0.29) is 0 Å². The predicted molar refractivity (Wildman–Crippen MR) is 77.6 cm³/mol. The second-order valence-electron chi connectivity index (χ2n) is 3.17. The average Bonchev–Trinajstić information content (AvgIpc) is 2.97. The van der Waals surface area contributed by atoms with E-state index >= 15 is 0 Å². The molecule has 0 amide bonds. The first-order chi connectivity index (χ1) is 8.76. The Labute approximate surface area is 119 Å². The minimum Gasteiger partial charge on any atom is -0.368 e. The lowest BCUT2D eigenvalue weighted by molar-refractivity contribution is 0.954. The van der Waals surface area contributed by atoms with Crippen molar-refractivity contribution in [2.24, 2.45) is 0 Å². The summed E-state index contributed by atoms with van der Waals surface area (Å²) in [6.07, 6.45) is 1.98. The molecule has 0 bridgehead atoms. The smallest absolute Gasteiger partial charge is 0.222 e. The van der Waals surface area contributed by atoms with E-state index in [0.29, 0.717) is 5.95 Å². The van der Waals surface area contributed by atoms with Gasteiger partial charge >= 0.3 is 0 Å². The first kappa shape index (κ1) is 12.2. The topological polar surface area (TPSA) is 77.6 Å². The number of aromatic nitrogens is 4. The number of rotatable bonds is 3. The Hall–Kier alpha value is -0.900. The molecule has 3 aromatic rings. The number of hydrogen-bond acceptors (Lipinski definition) is 9. The van der Waals surface area contributed by atoms with Crippen molar-refractivity contribution < 1.29 is 0 Å². The molecule has 0 aromatic carbocycles. The van der Waals surface area contributed by atoms with Crippen molar-refractivity contribution in [2.75, 3.05) is 12.0 Å². The van der Waals surface area contributed by atoms with Gasteiger partial charge in [0.25, 0.3) is 0 Å². The Morgan fingerprint density at radius 1 is 1.22 bits per heavy atom. The summed E-state index contributed by atoms with van der Waals surface area (Å²) < 4.78 is 1.81. The van der Waals surface area contributed by atoms with E-state index in [0.717, 1.165) is 23.9 Å². The molecule has 0 radical (unpaired) electrons. The molecule has 0 saturated heterocycles. The van der Waals surface area contributed by atoms with E-state index in [4.69, 9.17) is 5.73 Å². The van der Waals surface area contributed by atoms with Crippen LogP contribution in [0.5, 0.6) is 0 Å². The van der Waals surface area contributed by atoms with Crippen molar-refractivity contribution in [3.63, 3.8) is 0 Å². The van der Waals surface area contributed by atoms with Crippen LogP contribution in [0.2, 0.25) is 0 Å². The molecule has 0 aliphatic carbocycles. The molecule has 3 heterocycles. The van der Waals surface area contributed by atoms with Crippen molar-refractivity contribution in [1.29, 1.82) is 0 Å². The summed E-state index contributed by atoms with van der Waals surface area (Å²) in [4.78, 5) is 9.37. The normalized spacial score (nSPS) is 11.2. The second kappa shape index (κ2) is 5.00. The maximum absolute atomic E-state index is 5.70. The fourth-order valence-electron chi connectivity index (χ4n) is 1.33. The summed E-state index contributed by atoms with van der Waals surface area (Å²) in [6, 6.07) is 2.00. The maximum atomic E-state index is 5.70. The highest BCUT2D eigenvalue weighted by molar-refractivity contribution is 8.03. The van der Waals surface area contributed by atoms with Gasteiger partial charge in [0.15, 0.2) is 8.68 Å². The third-order valence-corrected chi connectivity index (χ3v) is 5.81. The Morgan fingerprint density at radius 3 is 2.83 bits per heavy atom. The van der Waals surface area contributed by atoms with Gasteiger partial charge in [0.2, 0.25) is 5.95 Å². The minimum atomic E-state index is 0.294. The Morgan fingerprint density at radius 2 is 2.06 bits per heavy atom. The van der Waals surface area contributed by atoms with Gasteiger partial charge in [-0.3, -0.25) is 0 Å². The lowest BCUT2D eigenvalue weighted by Crippen LogP contribution is -1.95. The van der Waals surface area contributed by atoms with Gasteiger partial charge in [-0.1, -0.05) is 23.1 Å². The number of nitrogen functional groups attached to an aromatic ring is 1. The summed E-state index contributed by atoms with van der Waals surface area (Å²) in [5.74, 6) is 0.294. The zero-order valence-electron chi connectivity index (χ0n) is 9.15. The molecule has 0 spiro atoms. The molecule has 0 atom stereocenters. The van der Waals surface area contributed by atoms with E-state index in [2.05, 4.69) is 20.2 Å². The molecule has 5 nitrogen and oxygen atoms in total. The van der Waals surface area contributed by atoms with Crippen LogP contribution in [-0.2, 0) is 0 Å². The first-order valence-electron chi connectivity index (χ1n) is 4.82. The zero-order valence-corrected chi connectivity index (χ0v) is 12.4. The Bertz CT molecular complexity index is 691. The summed E-state index contributed by atoms with van der Waals surface area (Å²) in [6.45, 7) is 0. The van der Waals surface area contributed by atoms with Crippen LogP contribution < -0.4 is 5.73 Å². The summed E-state index contributed by atoms with van der Waals surface area (Å²) in [7, 11) is 0. The molecular weight excluding hydrogens is 306 g/mol. The number of anilines is 1. The van der Waals surface area contributed by atoms with Crippen LogP contribution in [-0.4, -0.2) is 26.4 Å². The molecular formula is C9H7N5S4. The van der Waals surface area contributed by atoms with Gasteiger partial charge in [-0.2, -0.15) is 0 Å². The molecule has 2 N–H and O–H groups in total. The monoisotopic (exact) mass is 313 g/mol. The zero-order chi connectivity index (χ0) is 12.5. The van der Waals surface area contributed by atoms with Crippen LogP contribution in [0.1, 0.15) is 0 Å². The Balaban J connectivity index is 2.00. The van der Waals surface area contributed by atoms with Gasteiger partial charge in [-0.05, 0) is 29.5 Å². The van der Waals surface area contributed by atoms with Crippen LogP contribution >= 0.6 is 46.2 Å². The number of nitrogens with two attached hydrogens (primary N) is 1. The van der Waals surface area contributed by atoms with Gasteiger partial charge in [-0.25, -0.2) is 9.97 Å². The SMILES string of the molecule is CSc1nnc(Sc2nc(N)nc3sccc23)s1. The minimum absolute atomic E-state index is 0.294. The van der Waals surface area contributed by atoms with Gasteiger partial charge in [0, 0.05) is 5.39 Å². The van der Waals surface area contributed by atoms with E-state index in [9.17, 15) is 0 Å². The van der Waals surface area contributed by atoms with Crippen molar-refractivity contribution in [1.82, 2.24) is 20.2 Å². The molecule has 18 heavy (non-hydrogen) atoms. The molecule has 0 saturated carbocycles. The molecule has 0 aliphatic rings. The summed E-state index contributed by atoms with van der Waals surface area (Å²) >= 11 is 6.17. The van der Waals surface area contributed by atoms with Crippen LogP contribution in [0, 0.1) is 0 Å². The lowest BCUT2D eigenvalue weighted by Gasteiger charge is -1.99. The van der Waals surface area contributed by atoms with Gasteiger partial charge in [0.1, 0.15) is 9.86 Å². The first-order valence-corrected chi connectivity index (χ1v) is 8.56. The van der Waals surface area contributed by atoms with Crippen LogP contribution in [0.3, 0.4) is 0 Å². The van der Waals surface area contributed by atoms with Crippen LogP contribution in [0.4, 0.5) is 5.95 Å². The van der Waals surface area contributed by atoms with Gasteiger partial charge < -0.3 is 5.73 Å². The molecule has 3 rings (SSSR count). The molecule has 9 heteroatoms. The average molecular weight is 313 g/mol. The van der Waals surface area contributed by atoms with Crippen molar-refractivity contribution >= 4 is 62.4 Å². The van der Waals surface area contributed by atoms with Crippen molar-refractivity contribution in [2.45, 2.75) is 13.7 Å². The number of hydrogen-bond donors (Lipinski definition) is 1. The van der Waals surface area contributed by atoms with Crippen LogP contribution in [0.15, 0.2) is 25.2 Å². The van der Waals surface area contributed by atoms with E-state index < -0.39 is 0 Å². The number of thioether (sulfide) groups is 1. The second-order valence-corrected chi connectivity index (χ2v) is 7.33. The van der Waals surface area contributed by atoms with Gasteiger partial charge in [0.05, 0.1) is 0 Å². The maximum Gasteiger partial charge on any atom is 0.222 e. The largest absolute Gasteiger partial charge is 0.368 e. The molecule has 0 fully saturated rings. The molecule has 0 unspecified atom stereocenters. The highest BCUT2D eigenvalue weighted by Gasteiger charge is 2.12. The third kappa shape index (κ3) is 2.30. The van der Waals surface area contributed by atoms with Crippen molar-refractivity contribution in [3.8, 4) is 0 Å². The van der Waals surface area contributed by atoms with Crippen molar-refractivity contribution in [3.05, 3.63) is 11.4 Å². The quantitative estimate of drug-likeness (QED) is 0.588. The third-order valence-electron chi connectivity index (χ3n) is 2.05. The highest BCUT2D eigenvalue weighted by Crippen LogP contribution is 2.36. The summed E-state index contributed by atoms with van der Waals surface area (Å²) in [5.41, 5.74) is 5.70. The molecule has 92 valence electrons. The van der Waals surface area contributed by atoms with Gasteiger partial charge in [-0.15, -0.1) is 21.5 Å². The predicted octanol–water partition coefficient (Wildman–Crippen LogP) is 3.00. The molecule has 0 aliphatic heterocycles. The fourth-order valence-corrected chi connectivity index (χ4v) is 4.63. The summed E-state index contributed by atoms with van der Waals surface area (Å²) in [5, 5.41) is 12.0. The van der Waals surface area contributed by atoms with E-state index in [1.54, 1.807) is 34.4 Å². The number of fused-ring (bicyclic) bond motifs is 1. The highest BCUT2D eigenvalue weighted by atomic mass is 32.2. The lowest BCUT2D eigenvalue weighted by atomic mass is 10.4. The number of nitrogens with zero attached hydrogens (tertiary/aromatic N) is 4. The van der Waals surface area contributed by atoms with E-state index in [1.807, 2.05) is 17.7 Å². The standard InChI is InChI=1S/C9H7N5S4/c1-15-8-13-14-9(18-8)17-6-4-2-3-16-5(4)11-7(10)12-6/h2-3H,1H3,(H2,10,11,12). The molecule has 3 aromatic heterocycles.